The average Bonchev–Trinajstić information content (AvgIpc) is 2.16. The van der Waals surface area contributed by atoms with E-state index in [1.165, 1.54) is 50.5 Å². The van der Waals surface area contributed by atoms with E-state index in [9.17, 15) is 0 Å². The molecule has 0 heterocycles. The van der Waals surface area contributed by atoms with E-state index in [-0.39, 0.29) is 0 Å². The van der Waals surface area contributed by atoms with Gasteiger partial charge in [0.1, 0.15) is 0 Å². The Morgan fingerprint density at radius 2 is 1.33 bits per heavy atom. The van der Waals surface area contributed by atoms with Crippen LogP contribution in [0.2, 0.25) is 0 Å². The molecule has 0 aromatic carbocycles. The molecule has 0 nitrogen and oxygen atoms in total. The maximum Gasteiger partial charge on any atom is -0.0208 e. The minimum Gasteiger partial charge on any atom is -0.0999 e. The Hall–Kier alpha value is -0.260. The highest BCUT2D eigenvalue weighted by molar-refractivity contribution is 4.96. The summed E-state index contributed by atoms with van der Waals surface area (Å²) in [5.74, 6) is 2.65. The topological polar surface area (TPSA) is 0 Å². The fourth-order valence-corrected chi connectivity index (χ4v) is 2.71. The molecule has 0 aliphatic heterocycles. The van der Waals surface area contributed by atoms with Gasteiger partial charge in [0.15, 0.2) is 0 Å². The van der Waals surface area contributed by atoms with E-state index in [2.05, 4.69) is 27.4 Å². The molecule has 0 spiro atoms. The minimum atomic E-state index is 0.799. The normalized spacial score (nSPS) is 31.1. The van der Waals surface area contributed by atoms with Gasteiger partial charge in [0.2, 0.25) is 0 Å². The van der Waals surface area contributed by atoms with Crippen molar-refractivity contribution in [2.24, 2.45) is 17.8 Å². The van der Waals surface area contributed by atoms with Crippen LogP contribution < -0.4 is 0 Å². The van der Waals surface area contributed by atoms with E-state index in [4.69, 9.17) is 0 Å². The molecule has 88 valence electrons. The first-order valence-corrected chi connectivity index (χ1v) is 6.75. The van der Waals surface area contributed by atoms with E-state index in [1.807, 2.05) is 0 Å². The Labute approximate surface area is 96.2 Å². The largest absolute Gasteiger partial charge is 0.0999 e. The van der Waals surface area contributed by atoms with Crippen molar-refractivity contribution in [1.29, 1.82) is 0 Å². The third kappa shape index (κ3) is 4.86. The van der Waals surface area contributed by atoms with Gasteiger partial charge in [-0.05, 0) is 37.5 Å². The van der Waals surface area contributed by atoms with Crippen LogP contribution in [0.15, 0.2) is 12.2 Å². The zero-order valence-electron chi connectivity index (χ0n) is 10.9. The summed E-state index contributed by atoms with van der Waals surface area (Å²) in [6.45, 7) is 11.2. The van der Waals surface area contributed by atoms with Crippen LogP contribution in [0, 0.1) is 17.8 Å². The summed E-state index contributed by atoms with van der Waals surface area (Å²) in [5, 5.41) is 0. The second kappa shape index (κ2) is 6.35. The van der Waals surface area contributed by atoms with E-state index < -0.39 is 0 Å². The van der Waals surface area contributed by atoms with Crippen LogP contribution in [-0.4, -0.2) is 0 Å². The van der Waals surface area contributed by atoms with Crippen LogP contribution in [-0.2, 0) is 0 Å². The van der Waals surface area contributed by atoms with Crippen molar-refractivity contribution in [3.63, 3.8) is 0 Å². The fourth-order valence-electron chi connectivity index (χ4n) is 2.71. The van der Waals surface area contributed by atoms with Gasteiger partial charge in [-0.25, -0.2) is 0 Å². The number of hydrogen-bond donors (Lipinski definition) is 0. The molecule has 1 rings (SSSR count). The summed E-state index contributed by atoms with van der Waals surface area (Å²) >= 11 is 0. The quantitative estimate of drug-likeness (QED) is 0.520. The smallest absolute Gasteiger partial charge is 0.0208 e. The van der Waals surface area contributed by atoms with Crippen molar-refractivity contribution in [3.8, 4) is 0 Å². The lowest BCUT2D eigenvalue weighted by Crippen LogP contribution is -2.10. The molecule has 0 amide bonds. The number of hydrogen-bond acceptors (Lipinski definition) is 0. The lowest BCUT2D eigenvalue weighted by atomic mass is 9.82. The first kappa shape index (κ1) is 12.8. The number of allylic oxidation sites excluding steroid dienone is 1. The summed E-state index contributed by atoms with van der Waals surface area (Å²) in [5.41, 5.74) is 1.41. The van der Waals surface area contributed by atoms with Crippen LogP contribution >= 0.6 is 0 Å². The summed E-state index contributed by atoms with van der Waals surface area (Å²) in [4.78, 5) is 0. The molecular weight excluding hydrogens is 180 g/mol. The third-order valence-corrected chi connectivity index (χ3v) is 4.11. The summed E-state index contributed by atoms with van der Waals surface area (Å²) in [6, 6.07) is 0. The fraction of sp³-hybridized carbons (Fsp3) is 0.867. The van der Waals surface area contributed by atoms with E-state index in [0.29, 0.717) is 0 Å². The summed E-state index contributed by atoms with van der Waals surface area (Å²) in [7, 11) is 0. The standard InChI is InChI=1S/C15H28/c1-12(2)15-10-8-13(3)6-5-7-14(4)9-11-15/h13-15H,1,5-11H2,2-4H3/t13-,14-/m0/s1. The Balaban J connectivity index is 2.49. The SMILES string of the molecule is C=C(C)C1CC[C@@H](C)CCC[C@H](C)CC1. The molecular formula is C15H28. The van der Waals surface area contributed by atoms with Crippen LogP contribution in [0.1, 0.15) is 65.7 Å². The first-order chi connectivity index (χ1) is 7.09. The minimum absolute atomic E-state index is 0.799. The highest BCUT2D eigenvalue weighted by Crippen LogP contribution is 2.30. The van der Waals surface area contributed by atoms with E-state index in [0.717, 1.165) is 17.8 Å². The van der Waals surface area contributed by atoms with Gasteiger partial charge in [-0.1, -0.05) is 58.1 Å². The predicted octanol–water partition coefficient (Wildman–Crippen LogP) is 5.20. The first-order valence-electron chi connectivity index (χ1n) is 6.75. The summed E-state index contributed by atoms with van der Waals surface area (Å²) < 4.78 is 0. The molecule has 1 aliphatic carbocycles. The molecule has 1 saturated carbocycles. The lowest BCUT2D eigenvalue weighted by molar-refractivity contribution is 0.330. The van der Waals surface area contributed by atoms with Gasteiger partial charge in [0, 0.05) is 0 Å². The average molecular weight is 208 g/mol. The Kier molecular flexibility index (Phi) is 5.42. The molecule has 0 saturated heterocycles. The second-order valence-electron chi connectivity index (χ2n) is 5.84. The zero-order valence-corrected chi connectivity index (χ0v) is 10.9. The van der Waals surface area contributed by atoms with Crippen LogP contribution in [0.4, 0.5) is 0 Å². The molecule has 0 radical (unpaired) electrons. The van der Waals surface area contributed by atoms with Crippen molar-refractivity contribution in [2.45, 2.75) is 65.7 Å². The molecule has 15 heavy (non-hydrogen) atoms. The molecule has 2 atom stereocenters. The van der Waals surface area contributed by atoms with Crippen LogP contribution in [0.5, 0.6) is 0 Å². The molecule has 1 aliphatic rings. The molecule has 0 unspecified atom stereocenters. The summed E-state index contributed by atoms with van der Waals surface area (Å²) in [6.07, 6.45) is 9.89. The van der Waals surface area contributed by atoms with Gasteiger partial charge in [-0.3, -0.25) is 0 Å². The van der Waals surface area contributed by atoms with Crippen LogP contribution in [0.3, 0.4) is 0 Å². The monoisotopic (exact) mass is 208 g/mol. The molecule has 0 heteroatoms. The third-order valence-electron chi connectivity index (χ3n) is 4.11. The van der Waals surface area contributed by atoms with Gasteiger partial charge in [-0.15, -0.1) is 0 Å². The van der Waals surface area contributed by atoms with Gasteiger partial charge in [0.05, 0.1) is 0 Å². The lowest BCUT2D eigenvalue weighted by Gasteiger charge is -2.24. The Bertz CT molecular complexity index is 178. The van der Waals surface area contributed by atoms with E-state index >= 15 is 0 Å². The van der Waals surface area contributed by atoms with Crippen molar-refractivity contribution in [2.75, 3.05) is 0 Å². The molecule has 1 fully saturated rings. The van der Waals surface area contributed by atoms with Gasteiger partial charge in [0.25, 0.3) is 0 Å². The Morgan fingerprint density at radius 1 is 0.867 bits per heavy atom. The van der Waals surface area contributed by atoms with Crippen molar-refractivity contribution in [1.82, 2.24) is 0 Å². The maximum absolute atomic E-state index is 4.16. The second-order valence-corrected chi connectivity index (χ2v) is 5.84. The van der Waals surface area contributed by atoms with Crippen molar-refractivity contribution in [3.05, 3.63) is 12.2 Å². The van der Waals surface area contributed by atoms with E-state index in [1.54, 1.807) is 0 Å². The van der Waals surface area contributed by atoms with Crippen LogP contribution in [0.25, 0.3) is 0 Å². The highest BCUT2D eigenvalue weighted by Gasteiger charge is 2.15. The maximum atomic E-state index is 4.16. The van der Waals surface area contributed by atoms with Gasteiger partial charge >= 0.3 is 0 Å². The van der Waals surface area contributed by atoms with Crippen molar-refractivity contribution >= 4 is 0 Å². The van der Waals surface area contributed by atoms with Crippen molar-refractivity contribution < 1.29 is 0 Å². The zero-order chi connectivity index (χ0) is 11.3. The Morgan fingerprint density at radius 3 is 1.73 bits per heavy atom. The van der Waals surface area contributed by atoms with Gasteiger partial charge < -0.3 is 0 Å². The molecule has 0 aromatic heterocycles. The number of rotatable bonds is 1. The van der Waals surface area contributed by atoms with Gasteiger partial charge in [-0.2, -0.15) is 0 Å². The predicted molar refractivity (Wildman–Crippen MR) is 69.0 cm³/mol. The molecule has 0 aromatic rings. The molecule has 0 bridgehead atoms. The molecule has 0 N–H and O–H groups in total. The highest BCUT2D eigenvalue weighted by atomic mass is 14.2.